The molecule has 3 heterocycles. The molecular formula is C29H27FN6O. The van der Waals surface area contributed by atoms with Gasteiger partial charge in [-0.25, -0.2) is 9.07 Å². The number of para-hydroxylation sites is 1. The monoisotopic (exact) mass is 494 g/mol. The van der Waals surface area contributed by atoms with Crippen molar-refractivity contribution in [2.24, 2.45) is 0 Å². The van der Waals surface area contributed by atoms with E-state index in [9.17, 15) is 9.18 Å². The summed E-state index contributed by atoms with van der Waals surface area (Å²) in [5.41, 5.74) is 6.63. The van der Waals surface area contributed by atoms with Crippen molar-refractivity contribution < 1.29 is 4.39 Å². The Hall–Kier alpha value is -4.33. The molecule has 5 aromatic rings. The number of halogens is 1. The van der Waals surface area contributed by atoms with Gasteiger partial charge in [-0.1, -0.05) is 42.5 Å². The number of anilines is 1. The van der Waals surface area contributed by atoms with E-state index in [1.807, 2.05) is 38.1 Å². The van der Waals surface area contributed by atoms with Gasteiger partial charge in [0.1, 0.15) is 11.9 Å². The van der Waals surface area contributed by atoms with Gasteiger partial charge in [0.05, 0.1) is 12.1 Å². The molecule has 0 spiro atoms. The molecule has 6 rings (SSSR count). The van der Waals surface area contributed by atoms with Gasteiger partial charge in [-0.15, -0.1) is 5.10 Å². The number of fused-ring (bicyclic) bond motifs is 2. The van der Waals surface area contributed by atoms with Gasteiger partial charge in [0.15, 0.2) is 5.82 Å². The van der Waals surface area contributed by atoms with Crippen molar-refractivity contribution >= 4 is 16.6 Å². The Morgan fingerprint density at radius 3 is 2.70 bits per heavy atom. The standard InChI is InChI=1S/C29H27FN6O/c1-18-9-12-22-16-24(29(37)31-26(22)19(18)2)27(35-15-5-7-21-6-3-4-8-25(21)35)28-32-33-34-36(28)17-20-10-13-23(30)14-11-20/h3-4,6,8-14,16,27H,5,7,15,17H2,1-2H3,(H,31,37)/t27-/m1/s1. The zero-order chi connectivity index (χ0) is 25.5. The first kappa shape index (κ1) is 23.1. The van der Waals surface area contributed by atoms with Crippen LogP contribution in [0.1, 0.15) is 46.1 Å². The fraction of sp³-hybridized carbons (Fsp3) is 0.241. The van der Waals surface area contributed by atoms with Crippen LogP contribution in [0.2, 0.25) is 0 Å². The Bertz CT molecular complexity index is 1660. The third-order valence-corrected chi connectivity index (χ3v) is 7.38. The SMILES string of the molecule is Cc1ccc2cc([C@H](c3nnnn3Cc3ccc(F)cc3)N3CCCc4ccccc43)c(=O)[nH]c2c1C. The molecule has 186 valence electrons. The fourth-order valence-corrected chi connectivity index (χ4v) is 5.30. The highest BCUT2D eigenvalue weighted by molar-refractivity contribution is 5.83. The van der Waals surface area contributed by atoms with Crippen molar-refractivity contribution in [2.45, 2.75) is 39.3 Å². The summed E-state index contributed by atoms with van der Waals surface area (Å²) in [5, 5.41) is 13.7. The highest BCUT2D eigenvalue weighted by atomic mass is 19.1. The lowest BCUT2D eigenvalue weighted by Gasteiger charge is -2.37. The lowest BCUT2D eigenvalue weighted by Crippen LogP contribution is -2.38. The molecule has 3 aromatic carbocycles. The zero-order valence-corrected chi connectivity index (χ0v) is 20.8. The van der Waals surface area contributed by atoms with Crippen molar-refractivity contribution in [3.8, 4) is 0 Å². The van der Waals surface area contributed by atoms with Gasteiger partial charge < -0.3 is 9.88 Å². The van der Waals surface area contributed by atoms with Crippen LogP contribution in [-0.4, -0.2) is 31.7 Å². The quantitative estimate of drug-likeness (QED) is 0.377. The molecule has 1 aliphatic heterocycles. The molecule has 0 saturated heterocycles. The Morgan fingerprint density at radius 1 is 1.05 bits per heavy atom. The van der Waals surface area contributed by atoms with Crippen molar-refractivity contribution in [1.82, 2.24) is 25.2 Å². The van der Waals surface area contributed by atoms with Crippen LogP contribution in [0.3, 0.4) is 0 Å². The molecule has 1 atom stereocenters. The van der Waals surface area contributed by atoms with E-state index >= 15 is 0 Å². The number of hydrogen-bond acceptors (Lipinski definition) is 5. The maximum atomic E-state index is 13.7. The lowest BCUT2D eigenvalue weighted by atomic mass is 9.95. The van der Waals surface area contributed by atoms with Gasteiger partial charge in [0.2, 0.25) is 0 Å². The van der Waals surface area contributed by atoms with Crippen LogP contribution in [0.5, 0.6) is 0 Å². The summed E-state index contributed by atoms with van der Waals surface area (Å²) in [7, 11) is 0. The van der Waals surface area contributed by atoms with Crippen LogP contribution in [0.4, 0.5) is 10.1 Å². The average Bonchev–Trinajstić information content (AvgIpc) is 3.36. The van der Waals surface area contributed by atoms with Crippen molar-refractivity contribution in [2.75, 3.05) is 11.4 Å². The molecule has 2 aromatic heterocycles. The van der Waals surface area contributed by atoms with E-state index in [1.165, 1.54) is 17.7 Å². The number of pyridine rings is 1. The van der Waals surface area contributed by atoms with Gasteiger partial charge in [-0.3, -0.25) is 4.79 Å². The van der Waals surface area contributed by atoms with E-state index in [2.05, 4.69) is 43.6 Å². The van der Waals surface area contributed by atoms with Gasteiger partial charge in [0.25, 0.3) is 5.56 Å². The summed E-state index contributed by atoms with van der Waals surface area (Å²) in [4.78, 5) is 19.1. The molecule has 0 radical (unpaired) electrons. The molecule has 0 bridgehead atoms. The Balaban J connectivity index is 1.54. The Morgan fingerprint density at radius 2 is 1.86 bits per heavy atom. The summed E-state index contributed by atoms with van der Waals surface area (Å²) in [6.45, 7) is 5.18. The molecule has 7 nitrogen and oxygen atoms in total. The van der Waals surface area contributed by atoms with Gasteiger partial charge in [0, 0.05) is 17.8 Å². The Kier molecular flexibility index (Phi) is 5.79. The molecular weight excluding hydrogens is 467 g/mol. The highest BCUT2D eigenvalue weighted by Gasteiger charge is 2.33. The normalized spacial score (nSPS) is 14.1. The van der Waals surface area contributed by atoms with Crippen molar-refractivity contribution in [1.29, 1.82) is 0 Å². The minimum Gasteiger partial charge on any atom is -0.357 e. The molecule has 0 fully saturated rings. The van der Waals surface area contributed by atoms with Crippen LogP contribution in [0.25, 0.3) is 10.9 Å². The van der Waals surface area contributed by atoms with E-state index in [0.717, 1.165) is 52.7 Å². The number of hydrogen-bond donors (Lipinski definition) is 1. The maximum absolute atomic E-state index is 13.7. The number of nitrogens with zero attached hydrogens (tertiary/aromatic N) is 5. The molecule has 0 unspecified atom stereocenters. The van der Waals surface area contributed by atoms with E-state index < -0.39 is 6.04 Å². The molecule has 8 heteroatoms. The largest absolute Gasteiger partial charge is 0.357 e. The number of aromatic amines is 1. The second-order valence-corrected chi connectivity index (χ2v) is 9.67. The second kappa shape index (κ2) is 9.28. The maximum Gasteiger partial charge on any atom is 0.254 e. The minimum absolute atomic E-state index is 0.161. The molecule has 1 N–H and O–H groups in total. The number of rotatable bonds is 5. The average molecular weight is 495 g/mol. The van der Waals surface area contributed by atoms with Crippen LogP contribution >= 0.6 is 0 Å². The van der Waals surface area contributed by atoms with Crippen molar-refractivity contribution in [3.63, 3.8) is 0 Å². The van der Waals surface area contributed by atoms with Crippen LogP contribution in [0, 0.1) is 19.7 Å². The van der Waals surface area contributed by atoms with Gasteiger partial charge in [-0.05, 0) is 89.0 Å². The number of aromatic nitrogens is 5. The van der Waals surface area contributed by atoms with Crippen LogP contribution in [0.15, 0.2) is 71.5 Å². The molecule has 0 amide bonds. The number of aryl methyl sites for hydroxylation is 3. The first-order chi connectivity index (χ1) is 18.0. The summed E-state index contributed by atoms with van der Waals surface area (Å²) < 4.78 is 15.2. The predicted octanol–water partition coefficient (Wildman–Crippen LogP) is 4.86. The fourth-order valence-electron chi connectivity index (χ4n) is 5.30. The second-order valence-electron chi connectivity index (χ2n) is 9.67. The number of H-pyrrole nitrogens is 1. The first-order valence-corrected chi connectivity index (χ1v) is 12.5. The van der Waals surface area contributed by atoms with E-state index in [4.69, 9.17) is 0 Å². The van der Waals surface area contributed by atoms with E-state index in [-0.39, 0.29) is 11.4 Å². The smallest absolute Gasteiger partial charge is 0.254 e. The molecule has 0 saturated carbocycles. The molecule has 0 aliphatic carbocycles. The molecule has 1 aliphatic rings. The van der Waals surface area contributed by atoms with Gasteiger partial charge in [-0.2, -0.15) is 0 Å². The number of tetrazole rings is 1. The van der Waals surface area contributed by atoms with Crippen LogP contribution < -0.4 is 10.5 Å². The summed E-state index contributed by atoms with van der Waals surface area (Å²) in [5.74, 6) is 0.270. The Labute approximate surface area is 213 Å². The lowest BCUT2D eigenvalue weighted by molar-refractivity contribution is 0.554. The minimum atomic E-state index is -0.508. The van der Waals surface area contributed by atoms with E-state index in [0.29, 0.717) is 17.9 Å². The predicted molar refractivity (Wildman–Crippen MR) is 141 cm³/mol. The summed E-state index contributed by atoms with van der Waals surface area (Å²) >= 11 is 0. The number of benzene rings is 3. The first-order valence-electron chi connectivity index (χ1n) is 12.5. The third kappa shape index (κ3) is 4.18. The number of nitrogens with one attached hydrogen (secondary N) is 1. The van der Waals surface area contributed by atoms with Gasteiger partial charge >= 0.3 is 0 Å². The summed E-state index contributed by atoms with van der Waals surface area (Å²) in [6.07, 6.45) is 1.93. The third-order valence-electron chi connectivity index (χ3n) is 7.38. The summed E-state index contributed by atoms with van der Waals surface area (Å²) in [6, 6.07) is 20.2. The van der Waals surface area contributed by atoms with Crippen LogP contribution in [-0.2, 0) is 13.0 Å². The van der Waals surface area contributed by atoms with Crippen molar-refractivity contribution in [3.05, 3.63) is 117 Å². The molecule has 37 heavy (non-hydrogen) atoms. The highest BCUT2D eigenvalue weighted by Crippen LogP contribution is 2.37. The zero-order valence-electron chi connectivity index (χ0n) is 20.8. The topological polar surface area (TPSA) is 79.7 Å². The van der Waals surface area contributed by atoms with E-state index in [1.54, 1.807) is 16.8 Å².